The SMILES string of the molecule is CCOc1cccc2sc(N(Cc3ccncc3)C(=O)Cc3ccc(C)cc3C)nc12. The van der Waals surface area contributed by atoms with Gasteiger partial charge in [0.15, 0.2) is 5.13 Å². The molecule has 0 radical (unpaired) electrons. The van der Waals surface area contributed by atoms with Gasteiger partial charge in [-0.1, -0.05) is 41.2 Å². The van der Waals surface area contributed by atoms with Crippen LogP contribution in [0.5, 0.6) is 5.75 Å². The maximum absolute atomic E-state index is 13.5. The molecule has 31 heavy (non-hydrogen) atoms. The van der Waals surface area contributed by atoms with Gasteiger partial charge in [0.05, 0.1) is 24.3 Å². The number of nitrogens with zero attached hydrogens (tertiary/aromatic N) is 3. The number of para-hydroxylation sites is 1. The van der Waals surface area contributed by atoms with Crippen molar-refractivity contribution < 1.29 is 9.53 Å². The van der Waals surface area contributed by atoms with Crippen molar-refractivity contribution >= 4 is 32.6 Å². The molecule has 0 aliphatic heterocycles. The number of pyridine rings is 1. The first-order valence-electron chi connectivity index (χ1n) is 10.3. The van der Waals surface area contributed by atoms with Gasteiger partial charge in [0.2, 0.25) is 5.91 Å². The van der Waals surface area contributed by atoms with E-state index in [-0.39, 0.29) is 5.91 Å². The zero-order valence-corrected chi connectivity index (χ0v) is 18.8. The molecule has 2 aromatic carbocycles. The van der Waals surface area contributed by atoms with Crippen LogP contribution in [-0.2, 0) is 17.8 Å². The maximum atomic E-state index is 13.5. The average Bonchev–Trinajstić information content (AvgIpc) is 3.20. The maximum Gasteiger partial charge on any atom is 0.233 e. The van der Waals surface area contributed by atoms with Crippen molar-refractivity contribution in [2.75, 3.05) is 11.5 Å². The number of fused-ring (bicyclic) bond motifs is 1. The first-order valence-corrected chi connectivity index (χ1v) is 11.1. The Kier molecular flexibility index (Phi) is 6.28. The molecule has 0 aliphatic rings. The highest BCUT2D eigenvalue weighted by Gasteiger charge is 2.22. The number of amides is 1. The second-order valence-electron chi connectivity index (χ2n) is 7.47. The van der Waals surface area contributed by atoms with E-state index in [1.54, 1.807) is 17.3 Å². The standard InChI is InChI=1S/C25H25N3O2S/c1-4-30-21-6-5-7-22-24(21)27-25(31-22)28(16-19-10-12-26-13-11-19)23(29)15-20-9-8-17(2)14-18(20)3/h5-14H,4,15-16H2,1-3H3. The lowest BCUT2D eigenvalue weighted by atomic mass is 10.0. The van der Waals surface area contributed by atoms with E-state index in [4.69, 9.17) is 9.72 Å². The quantitative estimate of drug-likeness (QED) is 0.389. The Morgan fingerprint density at radius 1 is 1.10 bits per heavy atom. The monoisotopic (exact) mass is 431 g/mol. The number of hydrogen-bond acceptors (Lipinski definition) is 5. The molecule has 2 heterocycles. The summed E-state index contributed by atoms with van der Waals surface area (Å²) in [6, 6.07) is 15.9. The van der Waals surface area contributed by atoms with Gasteiger partial charge in [-0.25, -0.2) is 4.98 Å². The highest BCUT2D eigenvalue weighted by Crippen LogP contribution is 2.35. The average molecular weight is 432 g/mol. The van der Waals surface area contributed by atoms with Crippen LogP contribution >= 0.6 is 11.3 Å². The van der Waals surface area contributed by atoms with Crippen LogP contribution < -0.4 is 9.64 Å². The molecule has 0 spiro atoms. The number of benzene rings is 2. The Morgan fingerprint density at radius 2 is 1.90 bits per heavy atom. The van der Waals surface area contributed by atoms with Crippen LogP contribution in [-0.4, -0.2) is 22.5 Å². The minimum absolute atomic E-state index is 0.0146. The molecule has 0 fully saturated rings. The largest absolute Gasteiger partial charge is 0.492 e. The number of hydrogen-bond donors (Lipinski definition) is 0. The number of anilines is 1. The minimum atomic E-state index is 0.0146. The summed E-state index contributed by atoms with van der Waals surface area (Å²) in [7, 11) is 0. The molecule has 158 valence electrons. The first-order chi connectivity index (χ1) is 15.0. The predicted molar refractivity (Wildman–Crippen MR) is 126 cm³/mol. The zero-order valence-electron chi connectivity index (χ0n) is 18.0. The van der Waals surface area contributed by atoms with Gasteiger partial charge in [0.25, 0.3) is 0 Å². The van der Waals surface area contributed by atoms with Crippen LogP contribution in [0.25, 0.3) is 10.2 Å². The van der Waals surface area contributed by atoms with Gasteiger partial charge in [-0.2, -0.15) is 0 Å². The third kappa shape index (κ3) is 4.75. The van der Waals surface area contributed by atoms with Gasteiger partial charge in [-0.05, 0) is 61.7 Å². The number of ether oxygens (including phenoxy) is 1. The van der Waals surface area contributed by atoms with Crippen molar-refractivity contribution in [3.63, 3.8) is 0 Å². The van der Waals surface area contributed by atoms with Gasteiger partial charge in [-0.3, -0.25) is 14.7 Å². The Bertz CT molecular complexity index is 1200. The van der Waals surface area contributed by atoms with Gasteiger partial charge in [0, 0.05) is 12.4 Å². The minimum Gasteiger partial charge on any atom is -0.492 e. The molecule has 0 N–H and O–H groups in total. The Hall–Kier alpha value is -3.25. The number of thiazole rings is 1. The summed E-state index contributed by atoms with van der Waals surface area (Å²) in [6.45, 7) is 7.07. The molecule has 0 aliphatic carbocycles. The fraction of sp³-hybridized carbons (Fsp3) is 0.240. The molecule has 0 bridgehead atoms. The fourth-order valence-electron chi connectivity index (χ4n) is 3.53. The molecule has 1 amide bonds. The Balaban J connectivity index is 1.71. The fourth-order valence-corrected chi connectivity index (χ4v) is 4.53. The predicted octanol–water partition coefficient (Wildman–Crippen LogP) is 5.48. The van der Waals surface area contributed by atoms with E-state index in [0.29, 0.717) is 24.7 Å². The van der Waals surface area contributed by atoms with E-state index in [1.807, 2.05) is 43.3 Å². The second kappa shape index (κ2) is 9.27. The molecule has 4 rings (SSSR count). The van der Waals surface area contributed by atoms with Crippen LogP contribution in [0.15, 0.2) is 60.9 Å². The molecule has 6 heteroatoms. The number of aromatic nitrogens is 2. The smallest absolute Gasteiger partial charge is 0.233 e. The molecular formula is C25H25N3O2S. The van der Waals surface area contributed by atoms with Crippen molar-refractivity contribution in [3.05, 3.63) is 83.2 Å². The molecule has 0 unspecified atom stereocenters. The van der Waals surface area contributed by atoms with Crippen LogP contribution in [0.2, 0.25) is 0 Å². The summed E-state index contributed by atoms with van der Waals surface area (Å²) >= 11 is 1.51. The van der Waals surface area contributed by atoms with Crippen LogP contribution in [0.1, 0.15) is 29.2 Å². The van der Waals surface area contributed by atoms with Gasteiger partial charge in [0.1, 0.15) is 11.3 Å². The summed E-state index contributed by atoms with van der Waals surface area (Å²) in [5.74, 6) is 0.758. The van der Waals surface area contributed by atoms with Crippen molar-refractivity contribution in [2.45, 2.75) is 33.7 Å². The number of rotatable bonds is 7. The van der Waals surface area contributed by atoms with E-state index in [0.717, 1.165) is 32.7 Å². The van der Waals surface area contributed by atoms with E-state index < -0.39 is 0 Å². The summed E-state index contributed by atoms with van der Waals surface area (Å²) in [5.41, 5.74) is 5.15. The van der Waals surface area contributed by atoms with E-state index >= 15 is 0 Å². The molecule has 0 saturated heterocycles. The van der Waals surface area contributed by atoms with Crippen LogP contribution in [0.3, 0.4) is 0 Å². The summed E-state index contributed by atoms with van der Waals surface area (Å²) in [5, 5.41) is 0.675. The second-order valence-corrected chi connectivity index (χ2v) is 8.48. The van der Waals surface area contributed by atoms with Gasteiger partial charge >= 0.3 is 0 Å². The van der Waals surface area contributed by atoms with Crippen LogP contribution in [0, 0.1) is 13.8 Å². The highest BCUT2D eigenvalue weighted by molar-refractivity contribution is 7.22. The highest BCUT2D eigenvalue weighted by atomic mass is 32.1. The van der Waals surface area contributed by atoms with Crippen LogP contribution in [0.4, 0.5) is 5.13 Å². The Labute approximate surface area is 186 Å². The topological polar surface area (TPSA) is 55.3 Å². The molecule has 4 aromatic rings. The molecular weight excluding hydrogens is 406 g/mol. The Morgan fingerprint density at radius 3 is 2.65 bits per heavy atom. The molecule has 2 aromatic heterocycles. The zero-order chi connectivity index (χ0) is 21.8. The summed E-state index contributed by atoms with van der Waals surface area (Å²) < 4.78 is 6.75. The molecule has 5 nitrogen and oxygen atoms in total. The normalized spacial score (nSPS) is 10.9. The third-order valence-corrected chi connectivity index (χ3v) is 6.18. The van der Waals surface area contributed by atoms with E-state index in [9.17, 15) is 4.79 Å². The van der Waals surface area contributed by atoms with Gasteiger partial charge in [-0.15, -0.1) is 0 Å². The third-order valence-electron chi connectivity index (χ3n) is 5.13. The lowest BCUT2D eigenvalue weighted by Gasteiger charge is -2.20. The number of carbonyl (C=O) groups is 1. The summed E-state index contributed by atoms with van der Waals surface area (Å²) in [6.07, 6.45) is 3.81. The lowest BCUT2D eigenvalue weighted by molar-refractivity contribution is -0.118. The van der Waals surface area contributed by atoms with E-state index in [1.165, 1.54) is 16.9 Å². The van der Waals surface area contributed by atoms with Crippen molar-refractivity contribution in [1.29, 1.82) is 0 Å². The molecule has 0 atom stereocenters. The molecule has 0 saturated carbocycles. The lowest BCUT2D eigenvalue weighted by Crippen LogP contribution is -2.32. The van der Waals surface area contributed by atoms with Crippen molar-refractivity contribution in [3.8, 4) is 5.75 Å². The first kappa shape index (κ1) is 21.0. The number of carbonyl (C=O) groups excluding carboxylic acids is 1. The van der Waals surface area contributed by atoms with E-state index in [2.05, 4.69) is 31.0 Å². The van der Waals surface area contributed by atoms with Crippen molar-refractivity contribution in [2.24, 2.45) is 0 Å². The van der Waals surface area contributed by atoms with Crippen molar-refractivity contribution in [1.82, 2.24) is 9.97 Å². The van der Waals surface area contributed by atoms with Gasteiger partial charge < -0.3 is 4.74 Å². The summed E-state index contributed by atoms with van der Waals surface area (Å²) in [4.78, 5) is 24.2. The number of aryl methyl sites for hydroxylation is 2.